The third-order valence-corrected chi connectivity index (χ3v) is 6.69. The molecule has 3 aromatic carbocycles. The number of benzene rings is 3. The van der Waals surface area contributed by atoms with Crippen LogP contribution >= 0.6 is 0 Å². The number of ether oxygens (including phenoxy) is 1. The molecule has 31 heavy (non-hydrogen) atoms. The lowest BCUT2D eigenvalue weighted by molar-refractivity contribution is 0.336. The monoisotopic (exact) mass is 433 g/mol. The van der Waals surface area contributed by atoms with Crippen LogP contribution in [0.5, 0.6) is 5.75 Å². The van der Waals surface area contributed by atoms with E-state index in [1.807, 2.05) is 62.4 Å². The summed E-state index contributed by atoms with van der Waals surface area (Å²) in [5.41, 5.74) is 2.55. The molecule has 1 heterocycles. The number of oxazole rings is 1. The Kier molecular flexibility index (Phi) is 5.91. The van der Waals surface area contributed by atoms with Gasteiger partial charge in [-0.2, -0.15) is 4.98 Å². The molecule has 0 N–H and O–H groups in total. The largest absolute Gasteiger partial charge is 0.494 e. The zero-order chi connectivity index (χ0) is 21.8. The van der Waals surface area contributed by atoms with Crippen LogP contribution in [0.15, 0.2) is 93.2 Å². The van der Waals surface area contributed by atoms with E-state index in [2.05, 4.69) is 4.98 Å². The third-order valence-electron chi connectivity index (χ3n) is 4.97. The average Bonchev–Trinajstić information content (AvgIpc) is 3.21. The summed E-state index contributed by atoms with van der Waals surface area (Å²) in [6, 6.07) is 23.4. The van der Waals surface area contributed by atoms with Crippen LogP contribution in [0.3, 0.4) is 0 Å². The van der Waals surface area contributed by atoms with Gasteiger partial charge in [0.2, 0.25) is 20.8 Å². The number of hydrogen-bond acceptors (Lipinski definition) is 5. The molecule has 0 fully saturated rings. The first-order valence-electron chi connectivity index (χ1n) is 10.1. The van der Waals surface area contributed by atoms with E-state index >= 15 is 0 Å². The van der Waals surface area contributed by atoms with Gasteiger partial charge in [-0.05, 0) is 43.7 Å². The Morgan fingerprint density at radius 3 is 2.32 bits per heavy atom. The molecule has 4 aromatic rings. The first-order chi connectivity index (χ1) is 15.0. The van der Waals surface area contributed by atoms with Crippen LogP contribution in [-0.4, -0.2) is 20.0 Å². The Balaban J connectivity index is 1.87. The summed E-state index contributed by atoms with van der Waals surface area (Å²) in [6.07, 6.45) is 0.246. The van der Waals surface area contributed by atoms with Crippen LogP contribution < -0.4 is 4.74 Å². The lowest BCUT2D eigenvalue weighted by Gasteiger charge is -2.09. The van der Waals surface area contributed by atoms with E-state index in [1.54, 1.807) is 30.3 Å². The van der Waals surface area contributed by atoms with Gasteiger partial charge in [0.25, 0.3) is 0 Å². The molecule has 4 rings (SSSR count). The predicted molar refractivity (Wildman–Crippen MR) is 119 cm³/mol. The molecule has 5 nitrogen and oxygen atoms in total. The first kappa shape index (κ1) is 20.9. The maximum atomic E-state index is 13.4. The first-order valence-corrected chi connectivity index (χ1v) is 11.6. The van der Waals surface area contributed by atoms with Gasteiger partial charge in [0.05, 0.1) is 11.5 Å². The molecule has 0 aliphatic rings. The number of sulfone groups is 1. The second-order valence-electron chi connectivity index (χ2n) is 7.10. The summed E-state index contributed by atoms with van der Waals surface area (Å²) >= 11 is 0. The molecule has 0 aliphatic carbocycles. The second-order valence-corrected chi connectivity index (χ2v) is 8.96. The quantitative estimate of drug-likeness (QED) is 0.386. The number of para-hydroxylation sites is 1. The number of hydrogen-bond donors (Lipinski definition) is 0. The van der Waals surface area contributed by atoms with Crippen molar-refractivity contribution in [2.45, 2.75) is 30.2 Å². The zero-order valence-electron chi connectivity index (χ0n) is 17.4. The summed E-state index contributed by atoms with van der Waals surface area (Å²) < 4.78 is 38.7. The van der Waals surface area contributed by atoms with Crippen LogP contribution in [0.2, 0.25) is 0 Å². The van der Waals surface area contributed by atoms with Crippen LogP contribution in [0.1, 0.15) is 23.8 Å². The Morgan fingerprint density at radius 2 is 1.58 bits per heavy atom. The topological polar surface area (TPSA) is 69.4 Å². The van der Waals surface area contributed by atoms with Crippen molar-refractivity contribution in [3.05, 3.63) is 95.7 Å². The normalized spacial score (nSPS) is 11.4. The van der Waals surface area contributed by atoms with E-state index in [0.717, 1.165) is 16.7 Å². The molecule has 0 atom stereocenters. The SMILES string of the molecule is CCOc1ccccc1Cc1oc(-c2ccccc2C)nc1S(=O)(=O)c1ccccc1. The van der Waals surface area contributed by atoms with Gasteiger partial charge in [-0.3, -0.25) is 0 Å². The molecule has 0 aliphatic heterocycles. The molecule has 0 saturated carbocycles. The molecule has 0 radical (unpaired) electrons. The van der Waals surface area contributed by atoms with Crippen molar-refractivity contribution in [2.75, 3.05) is 6.61 Å². The summed E-state index contributed by atoms with van der Waals surface area (Å²) in [7, 11) is -3.86. The highest BCUT2D eigenvalue weighted by molar-refractivity contribution is 7.91. The number of aromatic nitrogens is 1. The second kappa shape index (κ2) is 8.78. The van der Waals surface area contributed by atoms with Gasteiger partial charge in [0, 0.05) is 17.5 Å². The Labute approximate surface area is 182 Å². The van der Waals surface area contributed by atoms with E-state index in [4.69, 9.17) is 9.15 Å². The van der Waals surface area contributed by atoms with Gasteiger partial charge in [-0.25, -0.2) is 8.42 Å². The predicted octanol–water partition coefficient (Wildman–Crippen LogP) is 5.47. The van der Waals surface area contributed by atoms with Crippen LogP contribution in [-0.2, 0) is 16.3 Å². The van der Waals surface area contributed by atoms with Gasteiger partial charge in [0.15, 0.2) is 0 Å². The van der Waals surface area contributed by atoms with E-state index in [1.165, 1.54) is 0 Å². The summed E-state index contributed by atoms with van der Waals surface area (Å²) in [6.45, 7) is 4.36. The highest BCUT2D eigenvalue weighted by atomic mass is 32.2. The molecular formula is C25H23NO4S. The number of aryl methyl sites for hydroxylation is 1. The lowest BCUT2D eigenvalue weighted by atomic mass is 10.1. The average molecular weight is 434 g/mol. The molecule has 0 amide bonds. The highest BCUT2D eigenvalue weighted by Crippen LogP contribution is 2.33. The van der Waals surface area contributed by atoms with Crippen LogP contribution in [0, 0.1) is 6.92 Å². The smallest absolute Gasteiger partial charge is 0.227 e. The fourth-order valence-corrected chi connectivity index (χ4v) is 4.77. The fraction of sp³-hybridized carbons (Fsp3) is 0.160. The minimum Gasteiger partial charge on any atom is -0.494 e. The Morgan fingerprint density at radius 1 is 0.903 bits per heavy atom. The minimum absolute atomic E-state index is 0.0664. The minimum atomic E-state index is -3.86. The van der Waals surface area contributed by atoms with Crippen molar-refractivity contribution >= 4 is 9.84 Å². The molecule has 0 bridgehead atoms. The van der Waals surface area contributed by atoms with Gasteiger partial charge in [-0.15, -0.1) is 0 Å². The molecule has 158 valence electrons. The van der Waals surface area contributed by atoms with Crippen LogP contribution in [0.25, 0.3) is 11.5 Å². The van der Waals surface area contributed by atoms with Crippen LogP contribution in [0.4, 0.5) is 0 Å². The van der Waals surface area contributed by atoms with Crippen molar-refractivity contribution in [1.29, 1.82) is 0 Å². The number of nitrogens with zero attached hydrogens (tertiary/aromatic N) is 1. The van der Waals surface area contributed by atoms with Crippen molar-refractivity contribution in [2.24, 2.45) is 0 Å². The van der Waals surface area contributed by atoms with Gasteiger partial charge < -0.3 is 9.15 Å². The summed E-state index contributed by atoms with van der Waals surface area (Å²) in [5.74, 6) is 1.27. The van der Waals surface area contributed by atoms with E-state index in [9.17, 15) is 8.42 Å². The summed E-state index contributed by atoms with van der Waals surface area (Å²) in [5, 5.41) is -0.0664. The maximum absolute atomic E-state index is 13.4. The highest BCUT2D eigenvalue weighted by Gasteiger charge is 2.29. The van der Waals surface area contributed by atoms with E-state index in [-0.39, 0.29) is 28.0 Å². The van der Waals surface area contributed by atoms with Gasteiger partial charge >= 0.3 is 0 Å². The molecule has 0 unspecified atom stereocenters. The van der Waals surface area contributed by atoms with Gasteiger partial charge in [0.1, 0.15) is 11.5 Å². The molecule has 0 saturated heterocycles. The third kappa shape index (κ3) is 4.25. The Hall–Kier alpha value is -3.38. The van der Waals surface area contributed by atoms with Gasteiger partial charge in [-0.1, -0.05) is 54.6 Å². The Bertz CT molecular complexity index is 1290. The maximum Gasteiger partial charge on any atom is 0.227 e. The van der Waals surface area contributed by atoms with E-state index < -0.39 is 9.84 Å². The molecular weight excluding hydrogens is 410 g/mol. The summed E-state index contributed by atoms with van der Waals surface area (Å²) in [4.78, 5) is 4.65. The van der Waals surface area contributed by atoms with Crippen molar-refractivity contribution < 1.29 is 17.6 Å². The van der Waals surface area contributed by atoms with E-state index in [0.29, 0.717) is 12.4 Å². The van der Waals surface area contributed by atoms with Crippen molar-refractivity contribution in [3.63, 3.8) is 0 Å². The lowest BCUT2D eigenvalue weighted by Crippen LogP contribution is -2.06. The fourth-order valence-electron chi connectivity index (χ4n) is 3.42. The molecule has 1 aromatic heterocycles. The standard InChI is InChI=1S/C25H23NO4S/c1-3-29-22-16-10-8-12-19(22)17-23-25(31(27,28)20-13-5-4-6-14-20)26-24(30-23)21-15-9-7-11-18(21)2/h4-16H,3,17H2,1-2H3. The zero-order valence-corrected chi connectivity index (χ0v) is 18.2. The number of rotatable bonds is 7. The van der Waals surface area contributed by atoms with Crippen molar-refractivity contribution in [3.8, 4) is 17.2 Å². The molecule has 6 heteroatoms. The molecule has 0 spiro atoms. The van der Waals surface area contributed by atoms with Crippen molar-refractivity contribution in [1.82, 2.24) is 4.98 Å².